The lowest BCUT2D eigenvalue weighted by molar-refractivity contribution is 0.361. The second kappa shape index (κ2) is 9.54. The van der Waals surface area contributed by atoms with Crippen LogP contribution in [0.3, 0.4) is 0 Å². The van der Waals surface area contributed by atoms with E-state index in [0.29, 0.717) is 5.88 Å². The number of nitrogens with one attached hydrogen (secondary N) is 1. The molecule has 0 aromatic carbocycles. The van der Waals surface area contributed by atoms with Gasteiger partial charge in [-0.15, -0.1) is 11.6 Å². The molecule has 0 aliphatic rings. The molecule has 2 atom stereocenters. The summed E-state index contributed by atoms with van der Waals surface area (Å²) >= 11 is 5.57. The Kier molecular flexibility index (Phi) is 9.53. The fraction of sp³-hybridized carbons (Fsp3) is 0.833. The number of hydrogen-bond donors (Lipinski definition) is 1. The molecule has 1 N–H and O–H groups in total. The van der Waals surface area contributed by atoms with Crippen LogP contribution in [0.15, 0.2) is 12.2 Å². The molecule has 0 fully saturated rings. The summed E-state index contributed by atoms with van der Waals surface area (Å²) in [7, 11) is 0. The zero-order chi connectivity index (χ0) is 10.8. The van der Waals surface area contributed by atoms with Crippen LogP contribution in [0.2, 0.25) is 0 Å². The molecule has 0 aromatic rings. The monoisotopic (exact) mass is 217 g/mol. The van der Waals surface area contributed by atoms with Crippen molar-refractivity contribution in [2.45, 2.75) is 33.6 Å². The van der Waals surface area contributed by atoms with Gasteiger partial charge in [0.15, 0.2) is 0 Å². The van der Waals surface area contributed by atoms with Gasteiger partial charge in [0.2, 0.25) is 0 Å². The minimum absolute atomic E-state index is 0.637. The number of halogens is 1. The second-order valence-corrected chi connectivity index (χ2v) is 4.27. The average molecular weight is 218 g/mol. The first-order valence-electron chi connectivity index (χ1n) is 5.64. The SMILES string of the molecule is CCNCCC(C)C(C)C/C=C\CCl. The van der Waals surface area contributed by atoms with E-state index in [1.165, 1.54) is 6.42 Å². The van der Waals surface area contributed by atoms with Gasteiger partial charge in [-0.1, -0.05) is 32.9 Å². The maximum atomic E-state index is 5.57. The predicted molar refractivity (Wildman–Crippen MR) is 66.0 cm³/mol. The Hall–Kier alpha value is -0.0100. The van der Waals surface area contributed by atoms with E-state index in [4.69, 9.17) is 11.6 Å². The topological polar surface area (TPSA) is 12.0 Å². The molecular formula is C12H24ClN. The summed E-state index contributed by atoms with van der Waals surface area (Å²) in [5.74, 6) is 2.18. The third kappa shape index (κ3) is 7.40. The molecule has 0 heterocycles. The van der Waals surface area contributed by atoms with Crippen molar-refractivity contribution in [3.05, 3.63) is 12.2 Å². The van der Waals surface area contributed by atoms with Crippen molar-refractivity contribution < 1.29 is 0 Å². The van der Waals surface area contributed by atoms with Crippen LogP contribution in [0.5, 0.6) is 0 Å². The van der Waals surface area contributed by atoms with Crippen molar-refractivity contribution >= 4 is 11.6 Å². The van der Waals surface area contributed by atoms with Crippen LogP contribution in [0, 0.1) is 11.8 Å². The molecule has 2 unspecified atom stereocenters. The summed E-state index contributed by atoms with van der Waals surface area (Å²) in [6.45, 7) is 9.01. The summed E-state index contributed by atoms with van der Waals surface area (Å²) in [6.07, 6.45) is 6.65. The molecule has 14 heavy (non-hydrogen) atoms. The van der Waals surface area contributed by atoms with Crippen LogP contribution < -0.4 is 5.32 Å². The molecule has 0 radical (unpaired) electrons. The van der Waals surface area contributed by atoms with E-state index in [9.17, 15) is 0 Å². The summed E-state index contributed by atoms with van der Waals surface area (Å²) in [5, 5.41) is 3.36. The van der Waals surface area contributed by atoms with Crippen LogP contribution in [0.25, 0.3) is 0 Å². The van der Waals surface area contributed by atoms with E-state index in [2.05, 4.69) is 32.2 Å². The number of rotatable bonds is 8. The molecule has 0 bridgehead atoms. The fourth-order valence-corrected chi connectivity index (χ4v) is 1.52. The average Bonchev–Trinajstić information content (AvgIpc) is 2.18. The highest BCUT2D eigenvalue weighted by Gasteiger charge is 2.09. The van der Waals surface area contributed by atoms with E-state index in [-0.39, 0.29) is 0 Å². The third-order valence-corrected chi connectivity index (χ3v) is 2.94. The highest BCUT2D eigenvalue weighted by atomic mass is 35.5. The Morgan fingerprint density at radius 3 is 2.50 bits per heavy atom. The van der Waals surface area contributed by atoms with Crippen molar-refractivity contribution in [2.75, 3.05) is 19.0 Å². The molecule has 0 aliphatic heterocycles. The Labute approximate surface area is 93.9 Å². The minimum Gasteiger partial charge on any atom is -0.317 e. The largest absolute Gasteiger partial charge is 0.317 e. The normalized spacial score (nSPS) is 16.0. The molecule has 0 saturated carbocycles. The molecule has 1 nitrogen and oxygen atoms in total. The van der Waals surface area contributed by atoms with Crippen molar-refractivity contribution in [3.8, 4) is 0 Å². The van der Waals surface area contributed by atoms with Gasteiger partial charge in [-0.25, -0.2) is 0 Å². The van der Waals surface area contributed by atoms with Gasteiger partial charge < -0.3 is 5.32 Å². The van der Waals surface area contributed by atoms with Crippen molar-refractivity contribution in [2.24, 2.45) is 11.8 Å². The summed E-state index contributed by atoms with van der Waals surface area (Å²) < 4.78 is 0. The predicted octanol–water partition coefficient (Wildman–Crippen LogP) is 3.44. The van der Waals surface area contributed by atoms with Gasteiger partial charge in [-0.05, 0) is 37.8 Å². The van der Waals surface area contributed by atoms with Crippen LogP contribution in [0.1, 0.15) is 33.6 Å². The Bertz CT molecular complexity index is 145. The fourth-order valence-electron chi connectivity index (χ4n) is 1.40. The number of hydrogen-bond acceptors (Lipinski definition) is 1. The minimum atomic E-state index is 0.637. The van der Waals surface area contributed by atoms with E-state index >= 15 is 0 Å². The maximum Gasteiger partial charge on any atom is 0.0404 e. The molecule has 84 valence electrons. The van der Waals surface area contributed by atoms with E-state index < -0.39 is 0 Å². The molecule has 0 rings (SSSR count). The molecule has 0 saturated heterocycles. The molecule has 0 amide bonds. The molecule has 0 aliphatic carbocycles. The lowest BCUT2D eigenvalue weighted by Gasteiger charge is -2.18. The molecule has 2 heteroatoms. The quantitative estimate of drug-likeness (QED) is 0.373. The first-order chi connectivity index (χ1) is 6.72. The van der Waals surface area contributed by atoms with Crippen LogP contribution >= 0.6 is 11.6 Å². The highest BCUT2D eigenvalue weighted by Crippen LogP contribution is 2.18. The zero-order valence-corrected chi connectivity index (χ0v) is 10.5. The smallest absolute Gasteiger partial charge is 0.0404 e. The van der Waals surface area contributed by atoms with Crippen LogP contribution in [-0.4, -0.2) is 19.0 Å². The maximum absolute atomic E-state index is 5.57. The van der Waals surface area contributed by atoms with Gasteiger partial charge in [0.25, 0.3) is 0 Å². The van der Waals surface area contributed by atoms with Gasteiger partial charge in [0.05, 0.1) is 0 Å². The molecular weight excluding hydrogens is 194 g/mol. The lowest BCUT2D eigenvalue weighted by atomic mass is 9.90. The molecule has 0 spiro atoms. The Balaban J connectivity index is 3.53. The van der Waals surface area contributed by atoms with E-state index in [0.717, 1.165) is 31.3 Å². The molecule has 0 aromatic heterocycles. The van der Waals surface area contributed by atoms with Gasteiger partial charge in [0, 0.05) is 5.88 Å². The van der Waals surface area contributed by atoms with Gasteiger partial charge >= 0.3 is 0 Å². The first kappa shape index (κ1) is 14.0. The summed E-state index contributed by atoms with van der Waals surface area (Å²) in [6, 6.07) is 0. The number of allylic oxidation sites excluding steroid dienone is 2. The van der Waals surface area contributed by atoms with Gasteiger partial charge in [0.1, 0.15) is 0 Å². The van der Waals surface area contributed by atoms with E-state index in [1.807, 2.05) is 6.08 Å². The zero-order valence-electron chi connectivity index (χ0n) is 9.72. The van der Waals surface area contributed by atoms with Crippen LogP contribution in [0.4, 0.5) is 0 Å². The van der Waals surface area contributed by atoms with Crippen molar-refractivity contribution in [1.82, 2.24) is 5.32 Å². The van der Waals surface area contributed by atoms with Gasteiger partial charge in [-0.3, -0.25) is 0 Å². The standard InChI is InChI=1S/C12H24ClN/c1-4-14-10-8-12(3)11(2)7-5-6-9-13/h5-6,11-12,14H,4,7-10H2,1-3H3/b6-5-. The van der Waals surface area contributed by atoms with Crippen LogP contribution in [-0.2, 0) is 0 Å². The third-order valence-electron chi connectivity index (χ3n) is 2.76. The number of alkyl halides is 1. The summed E-state index contributed by atoms with van der Waals surface area (Å²) in [4.78, 5) is 0. The van der Waals surface area contributed by atoms with E-state index in [1.54, 1.807) is 0 Å². The highest BCUT2D eigenvalue weighted by molar-refractivity contribution is 6.18. The first-order valence-corrected chi connectivity index (χ1v) is 6.17. The van der Waals surface area contributed by atoms with Gasteiger partial charge in [-0.2, -0.15) is 0 Å². The summed E-state index contributed by atoms with van der Waals surface area (Å²) in [5.41, 5.74) is 0. The second-order valence-electron chi connectivity index (χ2n) is 3.96. The Morgan fingerprint density at radius 2 is 1.93 bits per heavy atom. The lowest BCUT2D eigenvalue weighted by Crippen LogP contribution is -2.19. The van der Waals surface area contributed by atoms with Crippen molar-refractivity contribution in [1.29, 1.82) is 0 Å². The Morgan fingerprint density at radius 1 is 1.21 bits per heavy atom. The van der Waals surface area contributed by atoms with Crippen molar-refractivity contribution in [3.63, 3.8) is 0 Å².